The van der Waals surface area contributed by atoms with Gasteiger partial charge in [-0.3, -0.25) is 9.69 Å². The molecule has 1 aromatic heterocycles. The lowest BCUT2D eigenvalue weighted by atomic mass is 9.84. The van der Waals surface area contributed by atoms with Crippen molar-refractivity contribution in [2.75, 3.05) is 26.7 Å². The minimum absolute atomic E-state index is 0.0526. The Morgan fingerprint density at radius 1 is 1.15 bits per heavy atom. The number of amides is 1. The topological polar surface area (TPSA) is 45.9 Å². The summed E-state index contributed by atoms with van der Waals surface area (Å²) in [6, 6.07) is 18.1. The first-order valence-corrected chi connectivity index (χ1v) is 12.5. The summed E-state index contributed by atoms with van der Waals surface area (Å²) in [6.45, 7) is 3.78. The standard InChI is InChI=1S/C28H31ClN2O3/c1-30(28(32)27-7-4-15-33-27)25(18-22-5-2-3-6-24(22)29)21-10-13-31(14-11-21)19-20-8-9-26-23(17-20)12-16-34-26/h2-9,15,17,21,25H,10-14,16,18-19H2,1H3. The Hall–Kier alpha value is -2.76. The number of hydrogen-bond acceptors (Lipinski definition) is 4. The first-order chi connectivity index (χ1) is 16.6. The van der Waals surface area contributed by atoms with Gasteiger partial charge >= 0.3 is 0 Å². The molecule has 3 aromatic rings. The third-order valence-corrected chi connectivity index (χ3v) is 7.64. The van der Waals surface area contributed by atoms with Gasteiger partial charge in [-0.15, -0.1) is 0 Å². The molecule has 3 heterocycles. The van der Waals surface area contributed by atoms with Crippen LogP contribution in [0.5, 0.6) is 5.75 Å². The highest BCUT2D eigenvalue weighted by atomic mass is 35.5. The molecule has 2 aliphatic heterocycles. The number of piperidine rings is 1. The summed E-state index contributed by atoms with van der Waals surface area (Å²) in [6.07, 6.45) is 5.37. The average molecular weight is 479 g/mol. The molecule has 1 saturated heterocycles. The molecule has 5 nitrogen and oxygen atoms in total. The molecule has 6 heteroatoms. The largest absolute Gasteiger partial charge is 0.493 e. The van der Waals surface area contributed by atoms with Gasteiger partial charge in [-0.05, 0) is 79.2 Å². The summed E-state index contributed by atoms with van der Waals surface area (Å²) in [4.78, 5) is 17.5. The summed E-state index contributed by atoms with van der Waals surface area (Å²) >= 11 is 6.51. The molecule has 1 amide bonds. The average Bonchev–Trinajstić information content (AvgIpc) is 3.55. The minimum Gasteiger partial charge on any atom is -0.493 e. The zero-order valence-corrected chi connectivity index (χ0v) is 20.3. The fourth-order valence-electron chi connectivity index (χ4n) is 5.33. The Morgan fingerprint density at radius 3 is 2.74 bits per heavy atom. The van der Waals surface area contributed by atoms with Crippen LogP contribution >= 0.6 is 11.6 Å². The second-order valence-corrected chi connectivity index (χ2v) is 9.82. The Morgan fingerprint density at radius 2 is 1.97 bits per heavy atom. The summed E-state index contributed by atoms with van der Waals surface area (Å²) in [5.74, 6) is 1.73. The highest BCUT2D eigenvalue weighted by molar-refractivity contribution is 6.31. The predicted octanol–water partition coefficient (Wildman–Crippen LogP) is 5.46. The van der Waals surface area contributed by atoms with Crippen LogP contribution in [-0.4, -0.2) is 48.5 Å². The molecule has 0 N–H and O–H groups in total. The number of halogens is 1. The maximum atomic E-state index is 13.1. The second kappa shape index (κ2) is 10.2. The van der Waals surface area contributed by atoms with E-state index in [1.807, 2.05) is 30.1 Å². The van der Waals surface area contributed by atoms with Crippen molar-refractivity contribution in [3.05, 3.63) is 88.3 Å². The van der Waals surface area contributed by atoms with Crippen molar-refractivity contribution in [2.45, 2.75) is 38.3 Å². The number of rotatable bonds is 7. The van der Waals surface area contributed by atoms with Crippen LogP contribution in [0.25, 0.3) is 0 Å². The van der Waals surface area contributed by atoms with E-state index in [0.717, 1.165) is 68.3 Å². The van der Waals surface area contributed by atoms with Gasteiger partial charge in [0.1, 0.15) is 5.75 Å². The molecular formula is C28H31ClN2O3. The second-order valence-electron chi connectivity index (χ2n) is 9.41. The molecule has 1 fully saturated rings. The predicted molar refractivity (Wildman–Crippen MR) is 133 cm³/mol. The zero-order valence-electron chi connectivity index (χ0n) is 19.6. The maximum absolute atomic E-state index is 13.1. The number of hydrogen-bond donors (Lipinski definition) is 0. The molecule has 1 atom stereocenters. The number of carbonyl (C=O) groups excluding carboxylic acids is 1. The van der Waals surface area contributed by atoms with E-state index in [0.29, 0.717) is 11.7 Å². The fraction of sp³-hybridized carbons (Fsp3) is 0.393. The third-order valence-electron chi connectivity index (χ3n) is 7.27. The number of carbonyl (C=O) groups is 1. The lowest BCUT2D eigenvalue weighted by molar-refractivity contribution is 0.0556. The highest BCUT2D eigenvalue weighted by Gasteiger charge is 2.33. The Balaban J connectivity index is 1.27. The van der Waals surface area contributed by atoms with Crippen LogP contribution in [0.15, 0.2) is 65.3 Å². The Bertz CT molecular complexity index is 1120. The normalized spacial score (nSPS) is 17.2. The fourth-order valence-corrected chi connectivity index (χ4v) is 5.54. The van der Waals surface area contributed by atoms with Gasteiger partial charge in [0.15, 0.2) is 5.76 Å². The van der Waals surface area contributed by atoms with Crippen LogP contribution < -0.4 is 4.74 Å². The number of fused-ring (bicyclic) bond motifs is 1. The van der Waals surface area contributed by atoms with E-state index in [9.17, 15) is 4.79 Å². The number of nitrogens with zero attached hydrogens (tertiary/aromatic N) is 2. The molecular weight excluding hydrogens is 448 g/mol. The number of likely N-dealkylation sites (tertiary alicyclic amines) is 1. The van der Waals surface area contributed by atoms with Crippen molar-refractivity contribution < 1.29 is 13.9 Å². The SMILES string of the molecule is CN(C(=O)c1ccco1)C(Cc1ccccc1Cl)C1CCN(Cc2ccc3c(c2)CCO3)CC1. The summed E-state index contributed by atoms with van der Waals surface area (Å²) in [7, 11) is 1.89. The van der Waals surface area contributed by atoms with Crippen molar-refractivity contribution in [1.82, 2.24) is 9.80 Å². The Kier molecular flexibility index (Phi) is 6.93. The van der Waals surface area contributed by atoms with Gasteiger partial charge in [0, 0.05) is 31.1 Å². The highest BCUT2D eigenvalue weighted by Crippen LogP contribution is 2.31. The quantitative estimate of drug-likeness (QED) is 0.452. The van der Waals surface area contributed by atoms with Gasteiger partial charge in [-0.2, -0.15) is 0 Å². The first kappa shape index (κ1) is 23.0. The van der Waals surface area contributed by atoms with Crippen LogP contribution in [0.3, 0.4) is 0 Å². The first-order valence-electron chi connectivity index (χ1n) is 12.1. The molecule has 0 bridgehead atoms. The van der Waals surface area contributed by atoms with E-state index >= 15 is 0 Å². The molecule has 0 radical (unpaired) electrons. The monoisotopic (exact) mass is 478 g/mol. The Labute approximate surface area is 206 Å². The molecule has 0 aliphatic carbocycles. The number of benzene rings is 2. The molecule has 2 aliphatic rings. The van der Waals surface area contributed by atoms with Gasteiger partial charge in [-0.25, -0.2) is 0 Å². The number of likely N-dealkylation sites (N-methyl/N-ethyl adjacent to an activating group) is 1. The van der Waals surface area contributed by atoms with E-state index in [1.165, 1.54) is 11.1 Å². The van der Waals surface area contributed by atoms with Crippen molar-refractivity contribution in [3.63, 3.8) is 0 Å². The molecule has 0 spiro atoms. The van der Waals surface area contributed by atoms with Crippen LogP contribution in [0.4, 0.5) is 0 Å². The van der Waals surface area contributed by atoms with Gasteiger partial charge < -0.3 is 14.1 Å². The van der Waals surface area contributed by atoms with Crippen molar-refractivity contribution in [3.8, 4) is 5.75 Å². The molecule has 178 valence electrons. The van der Waals surface area contributed by atoms with Crippen LogP contribution in [-0.2, 0) is 19.4 Å². The number of furan rings is 1. The van der Waals surface area contributed by atoms with Crippen LogP contribution in [0.2, 0.25) is 5.02 Å². The molecule has 0 saturated carbocycles. The number of ether oxygens (including phenoxy) is 1. The third kappa shape index (κ3) is 5.01. The smallest absolute Gasteiger partial charge is 0.289 e. The van der Waals surface area contributed by atoms with E-state index in [-0.39, 0.29) is 11.9 Å². The van der Waals surface area contributed by atoms with Gasteiger partial charge in [0.25, 0.3) is 5.91 Å². The summed E-state index contributed by atoms with van der Waals surface area (Å²) in [5.41, 5.74) is 3.75. The summed E-state index contributed by atoms with van der Waals surface area (Å²) in [5, 5.41) is 0.754. The van der Waals surface area contributed by atoms with Gasteiger partial charge in [0.05, 0.1) is 12.9 Å². The molecule has 34 heavy (non-hydrogen) atoms. The van der Waals surface area contributed by atoms with Gasteiger partial charge in [0.2, 0.25) is 0 Å². The van der Waals surface area contributed by atoms with E-state index in [1.54, 1.807) is 18.4 Å². The van der Waals surface area contributed by atoms with Crippen LogP contribution in [0, 0.1) is 5.92 Å². The van der Waals surface area contributed by atoms with E-state index in [2.05, 4.69) is 29.2 Å². The van der Waals surface area contributed by atoms with Crippen LogP contribution in [0.1, 0.15) is 40.1 Å². The maximum Gasteiger partial charge on any atom is 0.289 e. The van der Waals surface area contributed by atoms with Crippen molar-refractivity contribution in [1.29, 1.82) is 0 Å². The molecule has 5 rings (SSSR count). The molecule has 2 aromatic carbocycles. The lowest BCUT2D eigenvalue weighted by Crippen LogP contribution is -2.47. The summed E-state index contributed by atoms with van der Waals surface area (Å²) < 4.78 is 11.1. The van der Waals surface area contributed by atoms with E-state index in [4.69, 9.17) is 20.8 Å². The van der Waals surface area contributed by atoms with Crippen molar-refractivity contribution >= 4 is 17.5 Å². The lowest BCUT2D eigenvalue weighted by Gasteiger charge is -2.40. The molecule has 1 unspecified atom stereocenters. The van der Waals surface area contributed by atoms with E-state index < -0.39 is 0 Å². The van der Waals surface area contributed by atoms with Gasteiger partial charge in [-0.1, -0.05) is 41.9 Å². The zero-order chi connectivity index (χ0) is 23.5. The minimum atomic E-state index is -0.0788. The van der Waals surface area contributed by atoms with Crippen molar-refractivity contribution in [2.24, 2.45) is 5.92 Å².